The maximum atomic E-state index is 13.6. The molecule has 1 rings (SSSR count). The number of guanidine groups is 2. The monoisotopic (exact) mass is 275 g/mol. The number of nitrogens with zero attached hydrogens (tertiary/aromatic N) is 2. The van der Waals surface area contributed by atoms with E-state index < -0.39 is 46.6 Å². The summed E-state index contributed by atoms with van der Waals surface area (Å²) < 4.78 is 40.0. The normalized spacial score (nSPS) is 11.2. The third-order valence-corrected chi connectivity index (χ3v) is 1.83. The molecular formula is C9H8F3N5O2. The number of rotatable bonds is 2. The number of carboxylic acid groups (broad SMARTS) is 1. The van der Waals surface area contributed by atoms with Crippen molar-refractivity contribution in [3.05, 3.63) is 29.1 Å². The van der Waals surface area contributed by atoms with Crippen LogP contribution in [0.1, 0.15) is 10.4 Å². The molecule has 7 N–H and O–H groups in total. The van der Waals surface area contributed by atoms with Crippen molar-refractivity contribution in [3.63, 3.8) is 0 Å². The van der Waals surface area contributed by atoms with Crippen LogP contribution in [0.3, 0.4) is 0 Å². The average molecular weight is 275 g/mol. The zero-order valence-corrected chi connectivity index (χ0v) is 9.19. The first-order chi connectivity index (χ1) is 8.73. The second-order valence-electron chi connectivity index (χ2n) is 3.19. The van der Waals surface area contributed by atoms with Crippen molar-refractivity contribution < 1.29 is 23.1 Å². The van der Waals surface area contributed by atoms with Crippen LogP contribution in [0.25, 0.3) is 0 Å². The molecule has 1 aromatic carbocycles. The molecule has 0 saturated heterocycles. The first-order valence-corrected chi connectivity index (χ1v) is 4.58. The second kappa shape index (κ2) is 5.25. The number of halogens is 3. The molecule has 0 unspecified atom stereocenters. The van der Waals surface area contributed by atoms with Crippen molar-refractivity contribution in [1.82, 2.24) is 0 Å². The molecule has 1 aromatic rings. The van der Waals surface area contributed by atoms with E-state index in [0.717, 1.165) is 0 Å². The molecule has 0 saturated carbocycles. The molecule has 0 aliphatic carbocycles. The van der Waals surface area contributed by atoms with Gasteiger partial charge in [-0.15, -0.1) is 0 Å². The number of hydrogen-bond donors (Lipinski definition) is 4. The maximum absolute atomic E-state index is 13.6. The van der Waals surface area contributed by atoms with Gasteiger partial charge in [-0.05, 0) is 6.07 Å². The predicted octanol–water partition coefficient (Wildman–Crippen LogP) is 0.0217. The Balaban J connectivity index is 3.51. The minimum Gasteiger partial charge on any atom is -0.478 e. The van der Waals surface area contributed by atoms with Crippen molar-refractivity contribution in [3.8, 4) is 0 Å². The quantitative estimate of drug-likeness (QED) is 0.342. The number of benzene rings is 1. The summed E-state index contributed by atoms with van der Waals surface area (Å²) in [6, 6.07) is 0.183. The Kier molecular flexibility index (Phi) is 3.94. The van der Waals surface area contributed by atoms with Gasteiger partial charge in [-0.25, -0.2) is 23.0 Å². The van der Waals surface area contributed by atoms with E-state index in [-0.39, 0.29) is 6.07 Å². The minimum atomic E-state index is -1.80. The van der Waals surface area contributed by atoms with Crippen molar-refractivity contribution in [2.24, 2.45) is 27.2 Å². The summed E-state index contributed by atoms with van der Waals surface area (Å²) in [6.07, 6.45) is 0. The van der Waals surface area contributed by atoms with Crippen molar-refractivity contribution in [2.45, 2.75) is 0 Å². The summed E-state index contributed by atoms with van der Waals surface area (Å²) in [4.78, 5) is 16.9. The fraction of sp³-hybridized carbons (Fsp3) is 0. The molecule has 7 nitrogen and oxygen atoms in total. The summed E-state index contributed by atoms with van der Waals surface area (Å²) in [6.45, 7) is 0. The van der Waals surface area contributed by atoms with E-state index in [1.807, 2.05) is 0 Å². The summed E-state index contributed by atoms with van der Waals surface area (Å²) >= 11 is 0. The fourth-order valence-electron chi connectivity index (χ4n) is 1.12. The second-order valence-corrected chi connectivity index (χ2v) is 3.19. The Morgan fingerprint density at radius 1 is 1.16 bits per heavy atom. The largest absolute Gasteiger partial charge is 0.478 e. The molecular weight excluding hydrogens is 267 g/mol. The number of nitrogens with two attached hydrogens (primary N) is 3. The highest BCUT2D eigenvalue weighted by atomic mass is 19.2. The topological polar surface area (TPSA) is 140 Å². The molecule has 0 aliphatic rings. The standard InChI is InChI=1S/C9H8F3N5O2/c10-3-1-2(7(18)19)4(11)6(5(3)12)16-9(15)17-8(13)14/h1H,(H,18,19)(H6,13,14,15,16,17). The van der Waals surface area contributed by atoms with Crippen molar-refractivity contribution in [2.75, 3.05) is 0 Å². The summed E-state index contributed by atoms with van der Waals surface area (Å²) in [7, 11) is 0. The van der Waals surface area contributed by atoms with Gasteiger partial charge < -0.3 is 22.3 Å². The number of carbonyl (C=O) groups is 1. The molecule has 19 heavy (non-hydrogen) atoms. The Labute approximate surface area is 104 Å². The Bertz CT molecular complexity index is 596. The highest BCUT2D eigenvalue weighted by Gasteiger charge is 2.22. The lowest BCUT2D eigenvalue weighted by molar-refractivity contribution is 0.0691. The molecule has 0 atom stereocenters. The summed E-state index contributed by atoms with van der Waals surface area (Å²) in [5.74, 6) is -8.02. The van der Waals surface area contributed by atoms with Crippen LogP contribution in [-0.4, -0.2) is 23.0 Å². The van der Waals surface area contributed by atoms with Crippen molar-refractivity contribution >= 4 is 23.6 Å². The highest BCUT2D eigenvalue weighted by Crippen LogP contribution is 2.27. The minimum absolute atomic E-state index is 0.183. The fourth-order valence-corrected chi connectivity index (χ4v) is 1.12. The van der Waals surface area contributed by atoms with Crippen LogP contribution in [-0.2, 0) is 0 Å². The van der Waals surface area contributed by atoms with Gasteiger partial charge in [-0.2, -0.15) is 4.99 Å². The van der Waals surface area contributed by atoms with Gasteiger partial charge in [0.05, 0.1) is 0 Å². The predicted molar refractivity (Wildman–Crippen MR) is 60.4 cm³/mol. The van der Waals surface area contributed by atoms with E-state index in [1.54, 1.807) is 0 Å². The lowest BCUT2D eigenvalue weighted by Crippen LogP contribution is -2.26. The molecule has 0 aliphatic heterocycles. The SMILES string of the molecule is NC(N)=NC(N)=Nc1c(F)c(F)cc(C(=O)O)c1F. The van der Waals surface area contributed by atoms with E-state index in [0.29, 0.717) is 0 Å². The first kappa shape index (κ1) is 14.3. The zero-order chi connectivity index (χ0) is 14.7. The molecule has 0 aromatic heterocycles. The lowest BCUT2D eigenvalue weighted by Gasteiger charge is -2.04. The third-order valence-electron chi connectivity index (χ3n) is 1.83. The summed E-state index contributed by atoms with van der Waals surface area (Å²) in [5, 5.41) is 8.61. The van der Waals surface area contributed by atoms with Crippen LogP contribution in [0.2, 0.25) is 0 Å². The molecule has 10 heteroatoms. The van der Waals surface area contributed by atoms with Gasteiger partial charge in [0, 0.05) is 0 Å². The molecule has 102 valence electrons. The van der Waals surface area contributed by atoms with Crippen LogP contribution in [0.5, 0.6) is 0 Å². The number of aromatic carboxylic acids is 1. The van der Waals surface area contributed by atoms with E-state index in [4.69, 9.17) is 22.3 Å². The van der Waals surface area contributed by atoms with E-state index in [2.05, 4.69) is 9.98 Å². The lowest BCUT2D eigenvalue weighted by atomic mass is 10.1. The van der Waals surface area contributed by atoms with Gasteiger partial charge in [0.2, 0.25) is 5.96 Å². The van der Waals surface area contributed by atoms with Crippen LogP contribution in [0.4, 0.5) is 18.9 Å². The maximum Gasteiger partial charge on any atom is 0.338 e. The molecule has 0 amide bonds. The third kappa shape index (κ3) is 3.12. The highest BCUT2D eigenvalue weighted by molar-refractivity contribution is 5.94. The average Bonchev–Trinajstić information content (AvgIpc) is 2.28. The van der Waals surface area contributed by atoms with Crippen LogP contribution in [0.15, 0.2) is 16.1 Å². The number of aliphatic imine (C=N–C) groups is 2. The molecule has 0 spiro atoms. The van der Waals surface area contributed by atoms with E-state index >= 15 is 0 Å². The van der Waals surface area contributed by atoms with E-state index in [9.17, 15) is 18.0 Å². The number of hydrogen-bond acceptors (Lipinski definition) is 2. The van der Waals surface area contributed by atoms with Crippen LogP contribution in [0, 0.1) is 17.5 Å². The molecule has 0 radical (unpaired) electrons. The number of carboxylic acids is 1. The Hall–Kier alpha value is -2.78. The van der Waals surface area contributed by atoms with Gasteiger partial charge in [0.25, 0.3) is 0 Å². The van der Waals surface area contributed by atoms with Gasteiger partial charge in [0.1, 0.15) is 11.3 Å². The Morgan fingerprint density at radius 2 is 1.74 bits per heavy atom. The van der Waals surface area contributed by atoms with Gasteiger partial charge in [-0.1, -0.05) is 0 Å². The van der Waals surface area contributed by atoms with Crippen LogP contribution >= 0.6 is 0 Å². The van der Waals surface area contributed by atoms with E-state index in [1.165, 1.54) is 0 Å². The van der Waals surface area contributed by atoms with Gasteiger partial charge in [-0.3, -0.25) is 0 Å². The van der Waals surface area contributed by atoms with Gasteiger partial charge >= 0.3 is 5.97 Å². The molecule has 0 bridgehead atoms. The molecule has 0 heterocycles. The smallest absolute Gasteiger partial charge is 0.338 e. The summed E-state index contributed by atoms with van der Waals surface area (Å²) in [5.41, 5.74) is 12.7. The van der Waals surface area contributed by atoms with Crippen molar-refractivity contribution in [1.29, 1.82) is 0 Å². The Morgan fingerprint density at radius 3 is 2.21 bits per heavy atom. The first-order valence-electron chi connectivity index (χ1n) is 4.58. The zero-order valence-electron chi connectivity index (χ0n) is 9.19. The van der Waals surface area contributed by atoms with Crippen LogP contribution < -0.4 is 17.2 Å². The van der Waals surface area contributed by atoms with Gasteiger partial charge in [0.15, 0.2) is 23.4 Å². The molecule has 0 fully saturated rings.